The standard InChI is InChI=1S/C14H25NO5/c1-7-19-12(16)11-9(2)8-10(18-6)15(11)13(17)20-14(3,4)5/h9-11H,7-8H2,1-6H3. The highest BCUT2D eigenvalue weighted by atomic mass is 16.6. The topological polar surface area (TPSA) is 65.1 Å². The van der Waals surface area contributed by atoms with E-state index in [4.69, 9.17) is 14.2 Å². The Bertz CT molecular complexity index is 363. The van der Waals surface area contributed by atoms with Crippen LogP contribution in [0.1, 0.15) is 41.0 Å². The third kappa shape index (κ3) is 3.85. The van der Waals surface area contributed by atoms with E-state index in [2.05, 4.69) is 0 Å². The molecule has 1 aliphatic heterocycles. The first-order chi connectivity index (χ1) is 9.21. The molecule has 1 amide bonds. The normalized spacial score (nSPS) is 26.5. The van der Waals surface area contributed by atoms with Gasteiger partial charge in [0.2, 0.25) is 0 Å². The van der Waals surface area contributed by atoms with Crippen LogP contribution in [0.5, 0.6) is 0 Å². The highest BCUT2D eigenvalue weighted by Crippen LogP contribution is 2.32. The molecule has 0 spiro atoms. The summed E-state index contributed by atoms with van der Waals surface area (Å²) in [7, 11) is 1.52. The highest BCUT2D eigenvalue weighted by Gasteiger charge is 2.48. The van der Waals surface area contributed by atoms with Crippen LogP contribution in [-0.2, 0) is 19.0 Å². The maximum atomic E-state index is 12.3. The SMILES string of the molecule is CCOC(=O)C1C(C)CC(OC)N1C(=O)OC(C)(C)C. The molecule has 0 aromatic heterocycles. The predicted molar refractivity (Wildman–Crippen MR) is 73.1 cm³/mol. The number of likely N-dealkylation sites (tertiary alicyclic amines) is 1. The van der Waals surface area contributed by atoms with Gasteiger partial charge in [0.05, 0.1) is 6.61 Å². The molecule has 0 aromatic carbocycles. The number of carbonyl (C=O) groups is 2. The van der Waals surface area contributed by atoms with Crippen LogP contribution in [0.15, 0.2) is 0 Å². The zero-order valence-electron chi connectivity index (χ0n) is 13.1. The molecule has 0 saturated carbocycles. The minimum Gasteiger partial charge on any atom is -0.464 e. The van der Waals surface area contributed by atoms with E-state index in [-0.39, 0.29) is 12.5 Å². The van der Waals surface area contributed by atoms with Gasteiger partial charge >= 0.3 is 12.1 Å². The highest BCUT2D eigenvalue weighted by molar-refractivity contribution is 5.82. The van der Waals surface area contributed by atoms with E-state index >= 15 is 0 Å². The summed E-state index contributed by atoms with van der Waals surface area (Å²) in [6.45, 7) is 9.27. The second-order valence-corrected chi connectivity index (χ2v) is 5.99. The molecule has 0 N–H and O–H groups in total. The maximum Gasteiger partial charge on any atom is 0.413 e. The third-order valence-corrected chi connectivity index (χ3v) is 3.13. The number of rotatable bonds is 3. The number of hydrogen-bond donors (Lipinski definition) is 0. The zero-order valence-corrected chi connectivity index (χ0v) is 13.1. The Kier molecular flexibility index (Phi) is 5.39. The van der Waals surface area contributed by atoms with E-state index in [1.165, 1.54) is 12.0 Å². The lowest BCUT2D eigenvalue weighted by Crippen LogP contribution is -2.49. The summed E-state index contributed by atoms with van der Waals surface area (Å²) < 4.78 is 15.7. The fourth-order valence-corrected chi connectivity index (χ4v) is 2.34. The lowest BCUT2D eigenvalue weighted by Gasteiger charge is -2.31. The molecular formula is C14H25NO5. The maximum absolute atomic E-state index is 12.3. The van der Waals surface area contributed by atoms with Gasteiger partial charge < -0.3 is 14.2 Å². The first kappa shape index (κ1) is 16.8. The number of nitrogens with zero attached hydrogens (tertiary/aromatic N) is 1. The van der Waals surface area contributed by atoms with Gasteiger partial charge in [-0.3, -0.25) is 4.90 Å². The molecular weight excluding hydrogens is 262 g/mol. The molecule has 6 heteroatoms. The molecule has 0 aliphatic carbocycles. The van der Waals surface area contributed by atoms with Gasteiger partial charge in [-0.05, 0) is 40.0 Å². The fourth-order valence-electron chi connectivity index (χ4n) is 2.34. The minimum atomic E-state index is -0.658. The summed E-state index contributed by atoms with van der Waals surface area (Å²) in [5, 5.41) is 0. The van der Waals surface area contributed by atoms with Gasteiger partial charge in [-0.1, -0.05) is 6.92 Å². The largest absolute Gasteiger partial charge is 0.464 e. The van der Waals surface area contributed by atoms with Gasteiger partial charge in [0, 0.05) is 7.11 Å². The lowest BCUT2D eigenvalue weighted by molar-refractivity contribution is -0.152. The molecule has 6 nitrogen and oxygen atoms in total. The van der Waals surface area contributed by atoms with Crippen molar-refractivity contribution in [1.29, 1.82) is 0 Å². The zero-order chi connectivity index (χ0) is 15.5. The van der Waals surface area contributed by atoms with Crippen LogP contribution in [0, 0.1) is 5.92 Å². The Morgan fingerprint density at radius 1 is 1.30 bits per heavy atom. The first-order valence-electron chi connectivity index (χ1n) is 6.92. The van der Waals surface area contributed by atoms with E-state index < -0.39 is 29.9 Å². The van der Waals surface area contributed by atoms with Crippen LogP contribution in [0.3, 0.4) is 0 Å². The first-order valence-corrected chi connectivity index (χ1v) is 6.92. The van der Waals surface area contributed by atoms with Crippen LogP contribution in [-0.4, -0.2) is 48.5 Å². The summed E-state index contributed by atoms with van der Waals surface area (Å²) in [5.41, 5.74) is -0.625. The van der Waals surface area contributed by atoms with E-state index in [0.717, 1.165) is 0 Å². The molecule has 1 fully saturated rings. The van der Waals surface area contributed by atoms with Gasteiger partial charge in [0.25, 0.3) is 0 Å². The number of hydrogen-bond acceptors (Lipinski definition) is 5. The minimum absolute atomic E-state index is 0.0356. The second kappa shape index (κ2) is 6.43. The van der Waals surface area contributed by atoms with Crippen LogP contribution >= 0.6 is 0 Å². The number of carbonyl (C=O) groups excluding carboxylic acids is 2. The van der Waals surface area contributed by atoms with Crippen LogP contribution < -0.4 is 0 Å². The van der Waals surface area contributed by atoms with Crippen molar-refractivity contribution in [2.45, 2.75) is 58.9 Å². The number of esters is 1. The summed E-state index contributed by atoms with van der Waals surface area (Å²) in [6.07, 6.45) is -0.430. The number of amides is 1. The van der Waals surface area contributed by atoms with Gasteiger partial charge in [0.1, 0.15) is 17.9 Å². The average Bonchev–Trinajstić information content (AvgIpc) is 2.64. The molecule has 20 heavy (non-hydrogen) atoms. The summed E-state index contributed by atoms with van der Waals surface area (Å²) in [6, 6.07) is -0.658. The van der Waals surface area contributed by atoms with E-state index in [9.17, 15) is 9.59 Å². The predicted octanol–water partition coefficient (Wildman–Crippen LogP) is 2.17. The Hall–Kier alpha value is -1.30. The van der Waals surface area contributed by atoms with Gasteiger partial charge in [-0.25, -0.2) is 9.59 Å². The molecule has 1 aliphatic rings. The van der Waals surface area contributed by atoms with Crippen molar-refractivity contribution >= 4 is 12.1 Å². The Morgan fingerprint density at radius 3 is 2.35 bits per heavy atom. The molecule has 1 heterocycles. The molecule has 3 unspecified atom stereocenters. The van der Waals surface area contributed by atoms with Gasteiger partial charge in [-0.2, -0.15) is 0 Å². The van der Waals surface area contributed by atoms with E-state index in [1.807, 2.05) is 6.92 Å². The van der Waals surface area contributed by atoms with Crippen molar-refractivity contribution in [3.05, 3.63) is 0 Å². The van der Waals surface area contributed by atoms with Crippen molar-refractivity contribution in [1.82, 2.24) is 4.90 Å². The van der Waals surface area contributed by atoms with Crippen LogP contribution in [0.2, 0.25) is 0 Å². The van der Waals surface area contributed by atoms with Crippen molar-refractivity contribution < 1.29 is 23.8 Å². The molecule has 1 rings (SSSR count). The van der Waals surface area contributed by atoms with Crippen molar-refractivity contribution in [2.24, 2.45) is 5.92 Å². The molecule has 3 atom stereocenters. The lowest BCUT2D eigenvalue weighted by atomic mass is 10.0. The molecule has 0 bridgehead atoms. The van der Waals surface area contributed by atoms with Crippen molar-refractivity contribution in [3.63, 3.8) is 0 Å². The van der Waals surface area contributed by atoms with Crippen molar-refractivity contribution in [3.8, 4) is 0 Å². The van der Waals surface area contributed by atoms with Crippen molar-refractivity contribution in [2.75, 3.05) is 13.7 Å². The van der Waals surface area contributed by atoms with E-state index in [0.29, 0.717) is 6.42 Å². The van der Waals surface area contributed by atoms with Crippen LogP contribution in [0.4, 0.5) is 4.79 Å². The smallest absolute Gasteiger partial charge is 0.413 e. The van der Waals surface area contributed by atoms with Gasteiger partial charge in [0.15, 0.2) is 0 Å². The fraction of sp³-hybridized carbons (Fsp3) is 0.857. The molecule has 0 radical (unpaired) electrons. The third-order valence-electron chi connectivity index (χ3n) is 3.13. The number of ether oxygens (including phenoxy) is 3. The van der Waals surface area contributed by atoms with E-state index in [1.54, 1.807) is 27.7 Å². The average molecular weight is 287 g/mol. The second-order valence-electron chi connectivity index (χ2n) is 5.99. The van der Waals surface area contributed by atoms with Gasteiger partial charge in [-0.15, -0.1) is 0 Å². The molecule has 116 valence electrons. The Morgan fingerprint density at radius 2 is 1.90 bits per heavy atom. The Balaban J connectivity index is 2.95. The Labute approximate surface area is 120 Å². The molecule has 1 saturated heterocycles. The quantitative estimate of drug-likeness (QED) is 0.744. The summed E-state index contributed by atoms with van der Waals surface area (Å²) in [5.74, 6) is -0.447. The summed E-state index contributed by atoms with van der Waals surface area (Å²) >= 11 is 0. The monoisotopic (exact) mass is 287 g/mol. The van der Waals surface area contributed by atoms with Crippen LogP contribution in [0.25, 0.3) is 0 Å². The molecule has 0 aromatic rings. The number of methoxy groups -OCH3 is 1. The summed E-state index contributed by atoms with van der Waals surface area (Å²) in [4.78, 5) is 25.7.